The lowest BCUT2D eigenvalue weighted by Gasteiger charge is -2.08. The molecule has 4 aromatic rings. The Kier molecular flexibility index (Phi) is 5.93. The number of carbonyl (C=O) groups is 2. The van der Waals surface area contributed by atoms with Crippen molar-refractivity contribution in [1.29, 1.82) is 0 Å². The lowest BCUT2D eigenvalue weighted by Crippen LogP contribution is -2.14. The van der Waals surface area contributed by atoms with Gasteiger partial charge in [-0.3, -0.25) is 4.79 Å². The normalized spacial score (nSPS) is 10.8. The molecule has 0 spiro atoms. The summed E-state index contributed by atoms with van der Waals surface area (Å²) in [6, 6.07) is 12.9. The first-order valence-electron chi connectivity index (χ1n) is 10.3. The molecule has 4 rings (SSSR count). The summed E-state index contributed by atoms with van der Waals surface area (Å²) in [5, 5.41) is 2.85. The average Bonchev–Trinajstić information content (AvgIpc) is 3.32. The summed E-state index contributed by atoms with van der Waals surface area (Å²) in [5.41, 5.74) is 4.09. The second-order valence-electron chi connectivity index (χ2n) is 7.31. The van der Waals surface area contributed by atoms with E-state index in [1.54, 1.807) is 39.0 Å². The highest BCUT2D eigenvalue weighted by molar-refractivity contribution is 6.06. The van der Waals surface area contributed by atoms with Gasteiger partial charge >= 0.3 is 5.97 Å². The van der Waals surface area contributed by atoms with Crippen molar-refractivity contribution >= 4 is 23.2 Å². The zero-order chi connectivity index (χ0) is 22.7. The molecule has 2 N–H and O–H groups in total. The smallest absolute Gasteiger partial charge is 0.340 e. The predicted octanol–water partition coefficient (Wildman–Crippen LogP) is 4.29. The predicted molar refractivity (Wildman–Crippen MR) is 120 cm³/mol. The van der Waals surface area contributed by atoms with Gasteiger partial charge in [-0.2, -0.15) is 0 Å². The second-order valence-corrected chi connectivity index (χ2v) is 7.31. The lowest BCUT2D eigenvalue weighted by molar-refractivity contribution is 0.0525. The van der Waals surface area contributed by atoms with E-state index >= 15 is 0 Å². The Hall–Kier alpha value is -4.07. The number of aromatic amines is 1. The van der Waals surface area contributed by atoms with E-state index in [4.69, 9.17) is 9.47 Å². The minimum absolute atomic E-state index is 0.270. The molecule has 164 valence electrons. The van der Waals surface area contributed by atoms with E-state index in [1.807, 2.05) is 41.1 Å². The number of esters is 1. The van der Waals surface area contributed by atoms with Crippen LogP contribution in [0.25, 0.3) is 5.65 Å². The van der Waals surface area contributed by atoms with E-state index in [-0.39, 0.29) is 12.5 Å². The molecule has 0 aliphatic carbocycles. The molecule has 0 radical (unpaired) electrons. The molecule has 0 saturated carbocycles. The molecule has 0 aliphatic rings. The number of aromatic nitrogens is 3. The fourth-order valence-corrected chi connectivity index (χ4v) is 3.56. The number of hydrogen-bond donors (Lipinski definition) is 2. The first-order chi connectivity index (χ1) is 15.5. The highest BCUT2D eigenvalue weighted by Crippen LogP contribution is 2.22. The molecule has 0 bridgehead atoms. The van der Waals surface area contributed by atoms with Crippen LogP contribution in [-0.2, 0) is 11.3 Å². The third kappa shape index (κ3) is 4.34. The number of nitrogens with zero attached hydrogens (tertiary/aromatic N) is 2. The minimum Gasteiger partial charge on any atom is -0.487 e. The van der Waals surface area contributed by atoms with Gasteiger partial charge < -0.3 is 24.2 Å². The summed E-state index contributed by atoms with van der Waals surface area (Å²) in [4.78, 5) is 32.5. The van der Waals surface area contributed by atoms with Gasteiger partial charge in [-0.25, -0.2) is 9.78 Å². The summed E-state index contributed by atoms with van der Waals surface area (Å²) in [5.74, 6) is -0.190. The molecule has 1 aromatic carbocycles. The second kappa shape index (κ2) is 8.97. The van der Waals surface area contributed by atoms with Gasteiger partial charge in [-0.1, -0.05) is 12.1 Å². The van der Waals surface area contributed by atoms with Gasteiger partial charge in [0.05, 0.1) is 17.9 Å². The standard InChI is InChI=1S/C24H24N4O4/c1-4-31-24(30)21-15(2)22(25-16(21)3)23(29)27-17-8-7-9-19(12-17)32-14-18-13-28-11-6-5-10-20(28)26-18/h5-13,25H,4,14H2,1-3H3,(H,27,29). The molecular formula is C24H24N4O4. The van der Waals surface area contributed by atoms with E-state index in [0.29, 0.717) is 40.6 Å². The summed E-state index contributed by atoms with van der Waals surface area (Å²) in [7, 11) is 0. The number of fused-ring (bicyclic) bond motifs is 1. The van der Waals surface area contributed by atoms with Crippen LogP contribution < -0.4 is 10.1 Å². The van der Waals surface area contributed by atoms with Gasteiger partial charge in [-0.05, 0) is 50.6 Å². The molecule has 0 atom stereocenters. The highest BCUT2D eigenvalue weighted by Gasteiger charge is 2.23. The molecular weight excluding hydrogens is 408 g/mol. The molecule has 3 aromatic heterocycles. The Morgan fingerprint density at radius 1 is 1.16 bits per heavy atom. The third-order valence-electron chi connectivity index (χ3n) is 5.04. The van der Waals surface area contributed by atoms with Crippen LogP contribution in [0.15, 0.2) is 54.9 Å². The Balaban J connectivity index is 1.45. The zero-order valence-electron chi connectivity index (χ0n) is 18.1. The maximum Gasteiger partial charge on any atom is 0.340 e. The zero-order valence-corrected chi connectivity index (χ0v) is 18.1. The van der Waals surface area contributed by atoms with Crippen LogP contribution in [0.2, 0.25) is 0 Å². The van der Waals surface area contributed by atoms with E-state index in [2.05, 4.69) is 15.3 Å². The number of rotatable bonds is 7. The summed E-state index contributed by atoms with van der Waals surface area (Å²) >= 11 is 0. The van der Waals surface area contributed by atoms with Crippen molar-refractivity contribution in [2.24, 2.45) is 0 Å². The Morgan fingerprint density at radius 2 is 2.00 bits per heavy atom. The number of hydrogen-bond acceptors (Lipinski definition) is 5. The lowest BCUT2D eigenvalue weighted by atomic mass is 10.1. The largest absolute Gasteiger partial charge is 0.487 e. The molecule has 32 heavy (non-hydrogen) atoms. The Bertz CT molecular complexity index is 1260. The quantitative estimate of drug-likeness (QED) is 0.425. The Morgan fingerprint density at radius 3 is 2.78 bits per heavy atom. The van der Waals surface area contributed by atoms with E-state index in [9.17, 15) is 9.59 Å². The first-order valence-corrected chi connectivity index (χ1v) is 10.3. The highest BCUT2D eigenvalue weighted by atomic mass is 16.5. The van der Waals surface area contributed by atoms with E-state index in [1.165, 1.54) is 0 Å². The van der Waals surface area contributed by atoms with Gasteiger partial charge in [0.1, 0.15) is 23.7 Å². The van der Waals surface area contributed by atoms with Crippen molar-refractivity contribution in [3.8, 4) is 5.75 Å². The molecule has 0 saturated heterocycles. The van der Waals surface area contributed by atoms with Gasteiger partial charge in [0.2, 0.25) is 0 Å². The summed E-state index contributed by atoms with van der Waals surface area (Å²) < 4.78 is 12.9. The van der Waals surface area contributed by atoms with Crippen molar-refractivity contribution in [3.63, 3.8) is 0 Å². The first kappa shape index (κ1) is 21.2. The van der Waals surface area contributed by atoms with Gasteiger partial charge in [0.15, 0.2) is 0 Å². The topological polar surface area (TPSA) is 97.7 Å². The maximum atomic E-state index is 12.8. The van der Waals surface area contributed by atoms with Gasteiger partial charge in [0, 0.05) is 29.8 Å². The van der Waals surface area contributed by atoms with Crippen LogP contribution in [0.3, 0.4) is 0 Å². The number of pyridine rings is 1. The fraction of sp³-hybridized carbons (Fsp3) is 0.208. The number of H-pyrrole nitrogens is 1. The molecule has 1 amide bonds. The molecule has 0 aliphatic heterocycles. The molecule has 3 heterocycles. The van der Waals surface area contributed by atoms with Crippen LogP contribution in [0.1, 0.15) is 44.7 Å². The van der Waals surface area contributed by atoms with Crippen LogP contribution in [-0.4, -0.2) is 32.9 Å². The van der Waals surface area contributed by atoms with Gasteiger partial charge in [-0.15, -0.1) is 0 Å². The number of nitrogens with one attached hydrogen (secondary N) is 2. The van der Waals surface area contributed by atoms with Crippen LogP contribution in [0.5, 0.6) is 5.75 Å². The van der Waals surface area contributed by atoms with Crippen molar-refractivity contribution in [3.05, 3.63) is 83.1 Å². The molecule has 8 heteroatoms. The monoisotopic (exact) mass is 432 g/mol. The van der Waals surface area contributed by atoms with E-state index < -0.39 is 5.97 Å². The van der Waals surface area contributed by atoms with Crippen molar-refractivity contribution in [1.82, 2.24) is 14.4 Å². The van der Waals surface area contributed by atoms with Crippen molar-refractivity contribution < 1.29 is 19.1 Å². The van der Waals surface area contributed by atoms with Crippen LogP contribution in [0, 0.1) is 13.8 Å². The van der Waals surface area contributed by atoms with Crippen LogP contribution >= 0.6 is 0 Å². The Labute approximate surface area is 185 Å². The van der Waals surface area contributed by atoms with Gasteiger partial charge in [0.25, 0.3) is 5.91 Å². The summed E-state index contributed by atoms with van der Waals surface area (Å²) in [6.07, 6.45) is 3.85. The number of carbonyl (C=O) groups excluding carboxylic acids is 2. The number of ether oxygens (including phenoxy) is 2. The van der Waals surface area contributed by atoms with Crippen molar-refractivity contribution in [2.45, 2.75) is 27.4 Å². The van der Waals surface area contributed by atoms with Crippen molar-refractivity contribution in [2.75, 3.05) is 11.9 Å². The fourth-order valence-electron chi connectivity index (χ4n) is 3.56. The van der Waals surface area contributed by atoms with Crippen LogP contribution in [0.4, 0.5) is 5.69 Å². The average molecular weight is 432 g/mol. The number of anilines is 1. The molecule has 0 fully saturated rings. The minimum atomic E-state index is -0.444. The number of benzene rings is 1. The molecule has 8 nitrogen and oxygen atoms in total. The number of aryl methyl sites for hydroxylation is 1. The third-order valence-corrected chi connectivity index (χ3v) is 5.04. The number of amides is 1. The summed E-state index contributed by atoms with van der Waals surface area (Å²) in [6.45, 7) is 5.78. The molecule has 0 unspecified atom stereocenters. The van der Waals surface area contributed by atoms with E-state index in [0.717, 1.165) is 11.3 Å². The SMILES string of the molecule is CCOC(=O)c1c(C)[nH]c(C(=O)Nc2cccc(OCc3cn4ccccc4n3)c2)c1C. The maximum absolute atomic E-state index is 12.8. The number of imidazole rings is 1.